The highest BCUT2D eigenvalue weighted by atomic mass is 79.9. The maximum atomic E-state index is 13.4. The van der Waals surface area contributed by atoms with Crippen molar-refractivity contribution in [1.29, 1.82) is 0 Å². The van der Waals surface area contributed by atoms with E-state index >= 15 is 0 Å². The molecule has 1 amide bonds. The van der Waals surface area contributed by atoms with Gasteiger partial charge in [0.05, 0.1) is 17.1 Å². The van der Waals surface area contributed by atoms with Crippen LogP contribution in [0.3, 0.4) is 0 Å². The Kier molecular flexibility index (Phi) is 5.91. The molecule has 0 spiro atoms. The zero-order valence-electron chi connectivity index (χ0n) is 15.7. The Hall–Kier alpha value is -1.86. The molecule has 2 aromatic rings. The van der Waals surface area contributed by atoms with Crippen LogP contribution in [0, 0.1) is 5.82 Å². The quantitative estimate of drug-likeness (QED) is 0.677. The predicted octanol–water partition coefficient (Wildman–Crippen LogP) is 4.98. The standard InChI is InChI=1S/C20H24BrFN2O3/c1-20(2,3)27-19(25)24-9-8-23(11-17-10-15(21)13-26-17)18(12-24)14-4-6-16(22)7-5-14/h4-7,10,13,18H,8-9,11-12H2,1-3H3/t18-/m1/s1. The minimum atomic E-state index is -0.542. The lowest BCUT2D eigenvalue weighted by atomic mass is 10.0. The summed E-state index contributed by atoms with van der Waals surface area (Å²) in [7, 11) is 0. The number of hydrogen-bond donors (Lipinski definition) is 0. The Balaban J connectivity index is 1.79. The van der Waals surface area contributed by atoms with E-state index < -0.39 is 5.60 Å². The summed E-state index contributed by atoms with van der Waals surface area (Å²) in [5.41, 5.74) is 0.412. The molecule has 0 N–H and O–H groups in total. The molecular formula is C20H24BrFN2O3. The smallest absolute Gasteiger partial charge is 0.410 e. The normalized spacial score (nSPS) is 18.6. The highest BCUT2D eigenvalue weighted by Crippen LogP contribution is 2.29. The summed E-state index contributed by atoms with van der Waals surface area (Å²) in [6.07, 6.45) is 1.33. The van der Waals surface area contributed by atoms with Crippen LogP contribution in [0.2, 0.25) is 0 Å². The number of halogens is 2. The van der Waals surface area contributed by atoms with Crippen molar-refractivity contribution < 1.29 is 18.3 Å². The first-order chi connectivity index (χ1) is 12.7. The van der Waals surface area contributed by atoms with Gasteiger partial charge in [-0.2, -0.15) is 0 Å². The third-order valence-electron chi connectivity index (χ3n) is 4.38. The third-order valence-corrected chi connectivity index (χ3v) is 4.79. The third kappa shape index (κ3) is 5.32. The van der Waals surface area contributed by atoms with Crippen LogP contribution in [0.25, 0.3) is 0 Å². The SMILES string of the molecule is CC(C)(C)OC(=O)N1CCN(Cc2cc(Br)co2)[C@@H](c2ccc(F)cc2)C1. The zero-order valence-corrected chi connectivity index (χ0v) is 17.3. The number of carbonyl (C=O) groups is 1. The minimum Gasteiger partial charge on any atom is -0.467 e. The average molecular weight is 439 g/mol. The van der Waals surface area contributed by atoms with Crippen LogP contribution in [0.4, 0.5) is 9.18 Å². The molecule has 1 aliphatic rings. The predicted molar refractivity (Wildman–Crippen MR) is 104 cm³/mol. The number of furan rings is 1. The van der Waals surface area contributed by atoms with Crippen LogP contribution in [-0.4, -0.2) is 41.1 Å². The monoisotopic (exact) mass is 438 g/mol. The summed E-state index contributed by atoms with van der Waals surface area (Å²) in [5, 5.41) is 0. The Bertz CT molecular complexity index is 785. The molecule has 0 unspecified atom stereocenters. The van der Waals surface area contributed by atoms with E-state index in [-0.39, 0.29) is 18.0 Å². The molecule has 0 bridgehead atoms. The summed E-state index contributed by atoms with van der Waals surface area (Å²) in [6.45, 7) is 7.88. The van der Waals surface area contributed by atoms with Crippen molar-refractivity contribution in [2.24, 2.45) is 0 Å². The molecule has 1 aromatic carbocycles. The van der Waals surface area contributed by atoms with Gasteiger partial charge in [-0.1, -0.05) is 12.1 Å². The Morgan fingerprint density at radius 1 is 1.30 bits per heavy atom. The van der Waals surface area contributed by atoms with Gasteiger partial charge < -0.3 is 14.1 Å². The van der Waals surface area contributed by atoms with E-state index in [1.807, 2.05) is 26.8 Å². The van der Waals surface area contributed by atoms with Crippen molar-refractivity contribution in [2.75, 3.05) is 19.6 Å². The van der Waals surface area contributed by atoms with E-state index in [0.717, 1.165) is 15.8 Å². The number of benzene rings is 1. The molecule has 0 saturated carbocycles. The first kappa shape index (κ1) is 19.9. The highest BCUT2D eigenvalue weighted by Gasteiger charge is 2.33. The fraction of sp³-hybridized carbons (Fsp3) is 0.450. The van der Waals surface area contributed by atoms with Crippen molar-refractivity contribution in [3.8, 4) is 0 Å². The Labute approximate surface area is 167 Å². The van der Waals surface area contributed by atoms with Crippen LogP contribution in [0.15, 0.2) is 45.5 Å². The van der Waals surface area contributed by atoms with Crippen molar-refractivity contribution in [1.82, 2.24) is 9.80 Å². The van der Waals surface area contributed by atoms with Gasteiger partial charge in [-0.3, -0.25) is 4.90 Å². The number of carbonyl (C=O) groups excluding carboxylic acids is 1. The average Bonchev–Trinajstić information content (AvgIpc) is 2.99. The maximum Gasteiger partial charge on any atom is 0.410 e. The number of piperazine rings is 1. The topological polar surface area (TPSA) is 45.9 Å². The maximum absolute atomic E-state index is 13.4. The fourth-order valence-corrected chi connectivity index (χ4v) is 3.49. The summed E-state index contributed by atoms with van der Waals surface area (Å²) < 4.78 is 25.3. The van der Waals surface area contributed by atoms with Gasteiger partial charge in [0.25, 0.3) is 0 Å². The molecule has 5 nitrogen and oxygen atoms in total. The van der Waals surface area contributed by atoms with Gasteiger partial charge in [0.1, 0.15) is 23.4 Å². The second-order valence-corrected chi connectivity index (χ2v) is 8.61. The molecule has 1 fully saturated rings. The second kappa shape index (κ2) is 8.02. The van der Waals surface area contributed by atoms with E-state index in [2.05, 4.69) is 20.8 Å². The Morgan fingerprint density at radius 3 is 2.59 bits per heavy atom. The number of nitrogens with zero attached hydrogens (tertiary/aromatic N) is 2. The van der Waals surface area contributed by atoms with Crippen LogP contribution >= 0.6 is 15.9 Å². The van der Waals surface area contributed by atoms with Crippen LogP contribution in [0.1, 0.15) is 38.1 Å². The largest absolute Gasteiger partial charge is 0.467 e. The van der Waals surface area contributed by atoms with Gasteiger partial charge in [-0.15, -0.1) is 0 Å². The molecule has 0 radical (unpaired) electrons. The van der Waals surface area contributed by atoms with E-state index in [1.165, 1.54) is 12.1 Å². The van der Waals surface area contributed by atoms with E-state index in [1.54, 1.807) is 23.3 Å². The molecular weight excluding hydrogens is 415 g/mol. The number of rotatable bonds is 3. The number of ether oxygens (including phenoxy) is 1. The second-order valence-electron chi connectivity index (χ2n) is 7.70. The fourth-order valence-electron chi connectivity index (χ4n) is 3.14. The van der Waals surface area contributed by atoms with Gasteiger partial charge >= 0.3 is 6.09 Å². The molecule has 1 aliphatic heterocycles. The number of amides is 1. The molecule has 146 valence electrons. The highest BCUT2D eigenvalue weighted by molar-refractivity contribution is 9.10. The zero-order chi connectivity index (χ0) is 19.6. The van der Waals surface area contributed by atoms with Crippen LogP contribution < -0.4 is 0 Å². The molecule has 3 rings (SSSR count). The van der Waals surface area contributed by atoms with Crippen molar-refractivity contribution in [3.05, 3.63) is 58.2 Å². The molecule has 0 aliphatic carbocycles. The van der Waals surface area contributed by atoms with Crippen LogP contribution in [-0.2, 0) is 11.3 Å². The molecule has 1 saturated heterocycles. The molecule has 1 aromatic heterocycles. The van der Waals surface area contributed by atoms with Crippen molar-refractivity contribution >= 4 is 22.0 Å². The summed E-state index contributed by atoms with van der Waals surface area (Å²) in [4.78, 5) is 16.5. The first-order valence-electron chi connectivity index (χ1n) is 8.91. The molecule has 7 heteroatoms. The molecule has 2 heterocycles. The lowest BCUT2D eigenvalue weighted by molar-refractivity contribution is 0.00106. The Morgan fingerprint density at radius 2 is 2.00 bits per heavy atom. The summed E-state index contributed by atoms with van der Waals surface area (Å²) in [6, 6.07) is 8.29. The number of hydrogen-bond acceptors (Lipinski definition) is 4. The van der Waals surface area contributed by atoms with Crippen LogP contribution in [0.5, 0.6) is 0 Å². The summed E-state index contributed by atoms with van der Waals surface area (Å²) in [5.74, 6) is 0.555. The summed E-state index contributed by atoms with van der Waals surface area (Å²) >= 11 is 3.40. The van der Waals surface area contributed by atoms with Gasteiger partial charge in [0.15, 0.2) is 0 Å². The van der Waals surface area contributed by atoms with Gasteiger partial charge in [0, 0.05) is 19.6 Å². The van der Waals surface area contributed by atoms with Crippen molar-refractivity contribution in [2.45, 2.75) is 39.0 Å². The van der Waals surface area contributed by atoms with Gasteiger partial charge in [0.2, 0.25) is 0 Å². The first-order valence-corrected chi connectivity index (χ1v) is 9.71. The molecule has 27 heavy (non-hydrogen) atoms. The molecule has 1 atom stereocenters. The lowest BCUT2D eigenvalue weighted by Gasteiger charge is -2.41. The lowest BCUT2D eigenvalue weighted by Crippen LogP contribution is -2.51. The van der Waals surface area contributed by atoms with Crippen molar-refractivity contribution in [3.63, 3.8) is 0 Å². The van der Waals surface area contributed by atoms with Gasteiger partial charge in [-0.05, 0) is 60.5 Å². The van der Waals surface area contributed by atoms with E-state index in [4.69, 9.17) is 9.15 Å². The van der Waals surface area contributed by atoms with E-state index in [0.29, 0.717) is 26.2 Å². The van der Waals surface area contributed by atoms with E-state index in [9.17, 15) is 9.18 Å². The van der Waals surface area contributed by atoms with Gasteiger partial charge in [-0.25, -0.2) is 9.18 Å². The minimum absolute atomic E-state index is 0.0734.